The van der Waals surface area contributed by atoms with Gasteiger partial charge in [0.1, 0.15) is 5.82 Å². The first-order chi connectivity index (χ1) is 9.29. The average molecular weight is 412 g/mol. The van der Waals surface area contributed by atoms with Gasteiger partial charge < -0.3 is 0 Å². The van der Waals surface area contributed by atoms with Crippen LogP contribution in [0.15, 0.2) is 46.9 Å². The van der Waals surface area contributed by atoms with E-state index in [2.05, 4.69) is 31.9 Å². The molecule has 1 atom stereocenters. The van der Waals surface area contributed by atoms with Gasteiger partial charge in [-0.15, -0.1) is 0 Å². The molecule has 0 saturated carbocycles. The van der Waals surface area contributed by atoms with Crippen LogP contribution < -0.4 is 0 Å². The fourth-order valence-electron chi connectivity index (χ4n) is 1.81. The van der Waals surface area contributed by atoms with Crippen molar-refractivity contribution in [2.75, 3.05) is 0 Å². The Morgan fingerprint density at radius 1 is 0.950 bits per heavy atom. The number of alkyl halides is 4. The van der Waals surface area contributed by atoms with E-state index in [1.165, 1.54) is 30.3 Å². The van der Waals surface area contributed by atoms with Gasteiger partial charge in [-0.1, -0.05) is 50.1 Å². The van der Waals surface area contributed by atoms with Crippen molar-refractivity contribution >= 4 is 31.9 Å². The maximum Gasteiger partial charge on any atom is 0.416 e. The molecule has 0 nitrogen and oxygen atoms in total. The van der Waals surface area contributed by atoms with E-state index in [1.54, 1.807) is 6.07 Å². The van der Waals surface area contributed by atoms with Gasteiger partial charge in [0.2, 0.25) is 0 Å². The predicted molar refractivity (Wildman–Crippen MR) is 76.3 cm³/mol. The largest absolute Gasteiger partial charge is 0.416 e. The highest BCUT2D eigenvalue weighted by atomic mass is 79.9. The second-order valence-corrected chi connectivity index (χ2v) is 5.97. The minimum Gasteiger partial charge on any atom is -0.207 e. The van der Waals surface area contributed by atoms with E-state index in [0.29, 0.717) is 10.0 Å². The molecule has 0 aromatic heterocycles. The lowest BCUT2D eigenvalue weighted by molar-refractivity contribution is -0.138. The van der Waals surface area contributed by atoms with Crippen molar-refractivity contribution < 1.29 is 17.6 Å². The topological polar surface area (TPSA) is 0 Å². The Kier molecular flexibility index (Phi) is 4.54. The van der Waals surface area contributed by atoms with Crippen LogP contribution in [-0.4, -0.2) is 0 Å². The second-order valence-electron chi connectivity index (χ2n) is 4.14. The van der Waals surface area contributed by atoms with Crippen LogP contribution in [0.4, 0.5) is 17.6 Å². The van der Waals surface area contributed by atoms with Crippen LogP contribution in [0, 0.1) is 5.82 Å². The summed E-state index contributed by atoms with van der Waals surface area (Å²) in [6, 6.07) is 9.32. The molecule has 0 bridgehead atoms. The highest BCUT2D eigenvalue weighted by molar-refractivity contribution is 9.10. The summed E-state index contributed by atoms with van der Waals surface area (Å²) in [6.45, 7) is 0. The molecule has 6 heteroatoms. The van der Waals surface area contributed by atoms with Gasteiger partial charge in [-0.05, 0) is 35.4 Å². The zero-order valence-electron chi connectivity index (χ0n) is 9.89. The quantitative estimate of drug-likeness (QED) is 0.414. The Bertz CT molecular complexity index is 606. The number of hydrogen-bond donors (Lipinski definition) is 0. The summed E-state index contributed by atoms with van der Waals surface area (Å²) in [6.07, 6.45) is -4.45. The fourth-order valence-corrected chi connectivity index (χ4v) is 2.87. The molecular formula is C14H8Br2F4. The third-order valence-corrected chi connectivity index (χ3v) is 4.27. The third-order valence-electron chi connectivity index (χ3n) is 2.76. The monoisotopic (exact) mass is 410 g/mol. The van der Waals surface area contributed by atoms with Crippen molar-refractivity contribution in [3.8, 4) is 0 Å². The number of halogens is 6. The zero-order chi connectivity index (χ0) is 14.9. The van der Waals surface area contributed by atoms with Crippen LogP contribution in [0.5, 0.6) is 0 Å². The van der Waals surface area contributed by atoms with Gasteiger partial charge in [0.05, 0.1) is 10.4 Å². The molecule has 0 spiro atoms. The molecule has 0 heterocycles. The SMILES string of the molecule is Fc1ccc(C(Br)c2ccc(Br)cc2C(F)(F)F)cc1. The van der Waals surface area contributed by atoms with Gasteiger partial charge in [-0.2, -0.15) is 13.2 Å². The minimum absolute atomic E-state index is 0.0901. The van der Waals surface area contributed by atoms with Crippen molar-refractivity contribution in [3.05, 3.63) is 69.4 Å². The van der Waals surface area contributed by atoms with Crippen LogP contribution in [0.25, 0.3) is 0 Å². The summed E-state index contributed by atoms with van der Waals surface area (Å²) in [5.74, 6) is -0.430. The second kappa shape index (κ2) is 5.85. The Labute approximate surface area is 130 Å². The van der Waals surface area contributed by atoms with Crippen molar-refractivity contribution in [2.45, 2.75) is 11.0 Å². The van der Waals surface area contributed by atoms with Gasteiger partial charge in [0.25, 0.3) is 0 Å². The number of hydrogen-bond acceptors (Lipinski definition) is 0. The average Bonchev–Trinajstić information content (AvgIpc) is 2.38. The molecule has 2 aromatic carbocycles. The lowest BCUT2D eigenvalue weighted by atomic mass is 9.99. The van der Waals surface area contributed by atoms with Crippen molar-refractivity contribution in [1.29, 1.82) is 0 Å². The number of benzene rings is 2. The summed E-state index contributed by atoms with van der Waals surface area (Å²) in [5, 5.41) is 0. The fraction of sp³-hybridized carbons (Fsp3) is 0.143. The Hall–Kier alpha value is -0.880. The van der Waals surface area contributed by atoms with Crippen LogP contribution >= 0.6 is 31.9 Å². The van der Waals surface area contributed by atoms with E-state index < -0.39 is 22.4 Å². The van der Waals surface area contributed by atoms with Crippen molar-refractivity contribution in [3.63, 3.8) is 0 Å². The summed E-state index contributed by atoms with van der Waals surface area (Å²) < 4.78 is 52.4. The highest BCUT2D eigenvalue weighted by Crippen LogP contribution is 2.41. The zero-order valence-corrected chi connectivity index (χ0v) is 13.1. The molecule has 2 aromatic rings. The van der Waals surface area contributed by atoms with Crippen molar-refractivity contribution in [1.82, 2.24) is 0 Å². The highest BCUT2D eigenvalue weighted by Gasteiger charge is 2.35. The molecule has 1 unspecified atom stereocenters. The van der Waals surface area contributed by atoms with Crippen molar-refractivity contribution in [2.24, 2.45) is 0 Å². The third kappa shape index (κ3) is 3.41. The van der Waals surface area contributed by atoms with Gasteiger partial charge in [-0.25, -0.2) is 4.39 Å². The minimum atomic E-state index is -4.45. The Morgan fingerprint density at radius 2 is 1.55 bits per heavy atom. The van der Waals surface area contributed by atoms with E-state index in [1.807, 2.05) is 0 Å². The molecule has 0 aliphatic rings. The van der Waals surface area contributed by atoms with Crippen LogP contribution in [0.3, 0.4) is 0 Å². The lowest BCUT2D eigenvalue weighted by Gasteiger charge is -2.18. The van der Waals surface area contributed by atoms with Crippen LogP contribution in [0.1, 0.15) is 21.5 Å². The molecule has 106 valence electrons. The molecule has 0 fully saturated rings. The maximum absolute atomic E-state index is 13.1. The summed E-state index contributed by atoms with van der Waals surface area (Å²) in [4.78, 5) is -0.659. The Morgan fingerprint density at radius 3 is 2.10 bits per heavy atom. The first-order valence-electron chi connectivity index (χ1n) is 5.55. The molecule has 2 rings (SSSR count). The van der Waals surface area contributed by atoms with E-state index >= 15 is 0 Å². The summed E-state index contributed by atoms with van der Waals surface area (Å²) >= 11 is 6.29. The van der Waals surface area contributed by atoms with Gasteiger partial charge in [-0.3, -0.25) is 0 Å². The standard InChI is InChI=1S/C14H8Br2F4/c15-9-3-6-11(12(7-9)14(18,19)20)13(16)8-1-4-10(17)5-2-8/h1-7,13H. The predicted octanol–water partition coefficient (Wildman–Crippen LogP) is 6.09. The number of rotatable bonds is 2. The Balaban J connectivity index is 2.49. The van der Waals surface area contributed by atoms with Gasteiger partial charge >= 0.3 is 6.18 Å². The molecule has 0 saturated heterocycles. The van der Waals surface area contributed by atoms with Crippen LogP contribution in [-0.2, 0) is 6.18 Å². The normalized spacial score (nSPS) is 13.3. The maximum atomic E-state index is 13.1. The van der Waals surface area contributed by atoms with Crippen LogP contribution in [0.2, 0.25) is 0 Å². The van der Waals surface area contributed by atoms with E-state index in [9.17, 15) is 17.6 Å². The summed E-state index contributed by atoms with van der Waals surface area (Å²) in [7, 11) is 0. The molecule has 0 radical (unpaired) electrons. The molecule has 0 aliphatic carbocycles. The van der Waals surface area contributed by atoms with E-state index in [0.717, 1.165) is 6.07 Å². The molecule has 20 heavy (non-hydrogen) atoms. The molecular weight excluding hydrogens is 404 g/mol. The smallest absolute Gasteiger partial charge is 0.207 e. The molecule has 0 aliphatic heterocycles. The van der Waals surface area contributed by atoms with E-state index in [-0.39, 0.29) is 5.56 Å². The van der Waals surface area contributed by atoms with Gasteiger partial charge in [0, 0.05) is 4.47 Å². The van der Waals surface area contributed by atoms with E-state index in [4.69, 9.17) is 0 Å². The first-order valence-corrected chi connectivity index (χ1v) is 7.26. The van der Waals surface area contributed by atoms with Gasteiger partial charge in [0.15, 0.2) is 0 Å². The lowest BCUT2D eigenvalue weighted by Crippen LogP contribution is -2.10. The molecule has 0 amide bonds. The first kappa shape index (κ1) is 15.5. The summed E-state index contributed by atoms with van der Waals surface area (Å²) in [5.41, 5.74) is -0.0791. The molecule has 0 N–H and O–H groups in total.